The standard InChI is InChI=1S/C16H13ClN2OS2/c1-9-7-11(17)8-13-14(9)18-16(22-13)19-15(20)10-3-5-12(21-2)6-4-10/h3-8H,1-2H3,(H,18,19,20). The lowest BCUT2D eigenvalue weighted by Crippen LogP contribution is -2.11. The number of rotatable bonds is 3. The van der Waals surface area contributed by atoms with E-state index in [0.29, 0.717) is 15.7 Å². The van der Waals surface area contributed by atoms with Gasteiger partial charge in [-0.25, -0.2) is 4.98 Å². The molecule has 0 fully saturated rings. The second-order valence-corrected chi connectivity index (χ2v) is 7.12. The largest absolute Gasteiger partial charge is 0.298 e. The maximum absolute atomic E-state index is 12.3. The Hall–Kier alpha value is -1.56. The lowest BCUT2D eigenvalue weighted by Gasteiger charge is -2.02. The van der Waals surface area contributed by atoms with Crippen molar-refractivity contribution in [2.24, 2.45) is 0 Å². The van der Waals surface area contributed by atoms with Crippen LogP contribution >= 0.6 is 34.7 Å². The molecule has 0 aliphatic rings. The first-order chi connectivity index (χ1) is 10.6. The number of amides is 1. The number of carbonyl (C=O) groups is 1. The minimum absolute atomic E-state index is 0.157. The Balaban J connectivity index is 1.85. The maximum Gasteiger partial charge on any atom is 0.257 e. The van der Waals surface area contributed by atoms with E-state index in [1.54, 1.807) is 11.8 Å². The number of thioether (sulfide) groups is 1. The summed E-state index contributed by atoms with van der Waals surface area (Å²) < 4.78 is 0.970. The summed E-state index contributed by atoms with van der Waals surface area (Å²) in [7, 11) is 0. The van der Waals surface area contributed by atoms with Crippen LogP contribution in [0.15, 0.2) is 41.3 Å². The van der Waals surface area contributed by atoms with Gasteiger partial charge in [0.25, 0.3) is 5.91 Å². The van der Waals surface area contributed by atoms with Crippen LogP contribution in [-0.4, -0.2) is 17.1 Å². The fourth-order valence-electron chi connectivity index (χ4n) is 2.12. The summed E-state index contributed by atoms with van der Waals surface area (Å²) in [4.78, 5) is 17.9. The molecule has 0 spiro atoms. The van der Waals surface area contributed by atoms with Gasteiger partial charge in [0, 0.05) is 15.5 Å². The van der Waals surface area contributed by atoms with E-state index >= 15 is 0 Å². The zero-order valence-corrected chi connectivity index (χ0v) is 14.4. The molecule has 0 saturated heterocycles. The lowest BCUT2D eigenvalue weighted by atomic mass is 10.2. The number of thiazole rings is 1. The summed E-state index contributed by atoms with van der Waals surface area (Å²) in [6.45, 7) is 1.96. The highest BCUT2D eigenvalue weighted by Gasteiger charge is 2.11. The third-order valence-electron chi connectivity index (χ3n) is 3.22. The highest BCUT2D eigenvalue weighted by molar-refractivity contribution is 7.98. The molecule has 1 N–H and O–H groups in total. The topological polar surface area (TPSA) is 42.0 Å². The second-order valence-electron chi connectivity index (χ2n) is 4.77. The van der Waals surface area contributed by atoms with Crippen molar-refractivity contribution in [3.8, 4) is 0 Å². The van der Waals surface area contributed by atoms with Gasteiger partial charge in [-0.2, -0.15) is 0 Å². The molecule has 1 amide bonds. The Morgan fingerprint density at radius 3 is 2.68 bits per heavy atom. The van der Waals surface area contributed by atoms with Gasteiger partial charge in [0.2, 0.25) is 0 Å². The predicted octanol–water partition coefficient (Wildman–Crippen LogP) is 5.23. The highest BCUT2D eigenvalue weighted by Crippen LogP contribution is 2.31. The van der Waals surface area contributed by atoms with E-state index < -0.39 is 0 Å². The van der Waals surface area contributed by atoms with Gasteiger partial charge >= 0.3 is 0 Å². The first-order valence-electron chi connectivity index (χ1n) is 6.59. The van der Waals surface area contributed by atoms with Crippen LogP contribution in [0.4, 0.5) is 5.13 Å². The minimum atomic E-state index is -0.157. The molecule has 22 heavy (non-hydrogen) atoms. The van der Waals surface area contributed by atoms with Crippen LogP contribution in [0.2, 0.25) is 5.02 Å². The molecule has 1 aromatic heterocycles. The van der Waals surface area contributed by atoms with Gasteiger partial charge in [0.1, 0.15) is 0 Å². The molecule has 0 saturated carbocycles. The molecule has 112 valence electrons. The number of benzene rings is 2. The molecule has 3 rings (SSSR count). The molecule has 1 heterocycles. The highest BCUT2D eigenvalue weighted by atomic mass is 35.5. The summed E-state index contributed by atoms with van der Waals surface area (Å²) in [6, 6.07) is 11.2. The normalized spacial score (nSPS) is 10.9. The monoisotopic (exact) mass is 348 g/mol. The molecule has 0 unspecified atom stereocenters. The van der Waals surface area contributed by atoms with Gasteiger partial charge in [-0.3, -0.25) is 10.1 Å². The van der Waals surface area contributed by atoms with Gasteiger partial charge in [0.05, 0.1) is 10.2 Å². The van der Waals surface area contributed by atoms with E-state index in [4.69, 9.17) is 11.6 Å². The number of fused-ring (bicyclic) bond motifs is 1. The number of nitrogens with one attached hydrogen (secondary N) is 1. The fourth-order valence-corrected chi connectivity index (χ4v) is 3.84. The number of aromatic nitrogens is 1. The molecule has 2 aromatic carbocycles. The van der Waals surface area contributed by atoms with Gasteiger partial charge in [-0.15, -0.1) is 11.8 Å². The quantitative estimate of drug-likeness (QED) is 0.659. The number of hydrogen-bond acceptors (Lipinski definition) is 4. The molecule has 0 radical (unpaired) electrons. The number of carbonyl (C=O) groups excluding carboxylic acids is 1. The number of nitrogens with zero attached hydrogens (tertiary/aromatic N) is 1. The zero-order valence-electron chi connectivity index (χ0n) is 12.0. The Morgan fingerprint density at radius 2 is 2.00 bits per heavy atom. The SMILES string of the molecule is CSc1ccc(C(=O)Nc2nc3c(C)cc(Cl)cc3s2)cc1. The number of halogens is 1. The van der Waals surface area contributed by atoms with E-state index in [0.717, 1.165) is 20.7 Å². The molecule has 3 aromatic rings. The molecule has 0 bridgehead atoms. The Kier molecular flexibility index (Phi) is 4.38. The molecule has 0 aliphatic heterocycles. The molecular weight excluding hydrogens is 336 g/mol. The lowest BCUT2D eigenvalue weighted by molar-refractivity contribution is 0.102. The average Bonchev–Trinajstić information content (AvgIpc) is 2.90. The molecular formula is C16H13ClN2OS2. The molecule has 3 nitrogen and oxygen atoms in total. The zero-order chi connectivity index (χ0) is 15.7. The van der Waals surface area contributed by atoms with Crippen molar-refractivity contribution in [2.75, 3.05) is 11.6 Å². The fraction of sp³-hybridized carbons (Fsp3) is 0.125. The third kappa shape index (κ3) is 3.11. The van der Waals surface area contributed by atoms with Crippen molar-refractivity contribution in [2.45, 2.75) is 11.8 Å². The maximum atomic E-state index is 12.3. The van der Waals surface area contributed by atoms with E-state index in [-0.39, 0.29) is 5.91 Å². The summed E-state index contributed by atoms with van der Waals surface area (Å²) in [5, 5.41) is 4.11. The van der Waals surface area contributed by atoms with Crippen LogP contribution in [0.25, 0.3) is 10.2 Å². The number of hydrogen-bond donors (Lipinski definition) is 1. The summed E-state index contributed by atoms with van der Waals surface area (Å²) in [6.07, 6.45) is 2.00. The van der Waals surface area contributed by atoms with Crippen molar-refractivity contribution < 1.29 is 4.79 Å². The van der Waals surface area contributed by atoms with Crippen LogP contribution in [-0.2, 0) is 0 Å². The average molecular weight is 349 g/mol. The third-order valence-corrected chi connectivity index (χ3v) is 5.10. The Morgan fingerprint density at radius 1 is 1.27 bits per heavy atom. The number of aryl methyl sites for hydroxylation is 1. The van der Waals surface area contributed by atoms with Crippen molar-refractivity contribution >= 4 is 56.0 Å². The van der Waals surface area contributed by atoms with Gasteiger partial charge in [-0.05, 0) is 55.1 Å². The van der Waals surface area contributed by atoms with Crippen LogP contribution in [0.5, 0.6) is 0 Å². The molecule has 0 aliphatic carbocycles. The van der Waals surface area contributed by atoms with Crippen molar-refractivity contribution in [1.82, 2.24) is 4.98 Å². The van der Waals surface area contributed by atoms with E-state index in [1.165, 1.54) is 11.3 Å². The van der Waals surface area contributed by atoms with Crippen LogP contribution in [0, 0.1) is 6.92 Å². The van der Waals surface area contributed by atoms with Crippen molar-refractivity contribution in [3.63, 3.8) is 0 Å². The van der Waals surface area contributed by atoms with E-state index in [1.807, 2.05) is 49.6 Å². The minimum Gasteiger partial charge on any atom is -0.298 e. The van der Waals surface area contributed by atoms with Crippen LogP contribution in [0.1, 0.15) is 15.9 Å². The Bertz CT molecular complexity index is 843. The Labute approximate surface area is 141 Å². The number of anilines is 1. The van der Waals surface area contributed by atoms with Gasteiger partial charge in [-0.1, -0.05) is 22.9 Å². The van der Waals surface area contributed by atoms with Crippen LogP contribution in [0.3, 0.4) is 0 Å². The smallest absolute Gasteiger partial charge is 0.257 e. The second kappa shape index (κ2) is 6.28. The van der Waals surface area contributed by atoms with Gasteiger partial charge < -0.3 is 0 Å². The first kappa shape index (κ1) is 15.3. The van der Waals surface area contributed by atoms with Gasteiger partial charge in [0.15, 0.2) is 5.13 Å². The molecule has 0 atom stereocenters. The summed E-state index contributed by atoms with van der Waals surface area (Å²) in [5.41, 5.74) is 2.50. The van der Waals surface area contributed by atoms with E-state index in [2.05, 4.69) is 10.3 Å². The molecule has 6 heteroatoms. The van der Waals surface area contributed by atoms with Crippen LogP contribution < -0.4 is 5.32 Å². The first-order valence-corrected chi connectivity index (χ1v) is 9.01. The predicted molar refractivity (Wildman–Crippen MR) is 95.5 cm³/mol. The summed E-state index contributed by atoms with van der Waals surface area (Å²) >= 11 is 9.12. The van der Waals surface area contributed by atoms with E-state index in [9.17, 15) is 4.79 Å². The van der Waals surface area contributed by atoms with Crippen molar-refractivity contribution in [3.05, 3.63) is 52.5 Å². The summed E-state index contributed by atoms with van der Waals surface area (Å²) in [5.74, 6) is -0.157. The van der Waals surface area contributed by atoms with Crippen molar-refractivity contribution in [1.29, 1.82) is 0 Å².